The number of aromatic nitrogens is 1. The highest BCUT2D eigenvalue weighted by Gasteiger charge is 2.17. The van der Waals surface area contributed by atoms with Crippen LogP contribution in [0.4, 0.5) is 0 Å². The van der Waals surface area contributed by atoms with E-state index in [1.165, 1.54) is 17.2 Å². The summed E-state index contributed by atoms with van der Waals surface area (Å²) in [5.41, 5.74) is 4.08. The second-order valence-corrected chi connectivity index (χ2v) is 5.93. The van der Waals surface area contributed by atoms with Crippen LogP contribution in [-0.4, -0.2) is 4.57 Å². The Hall–Kier alpha value is -2.94. The summed E-state index contributed by atoms with van der Waals surface area (Å²) in [4.78, 5) is 23.0. The number of rotatable bonds is 3. The van der Waals surface area contributed by atoms with Gasteiger partial charge in [-0.15, -0.1) is 0 Å². The second kappa shape index (κ2) is 5.06. The van der Waals surface area contributed by atoms with Gasteiger partial charge < -0.3 is 4.57 Å². The monoisotopic (exact) mass is 301 g/mol. The fourth-order valence-corrected chi connectivity index (χ4v) is 3.12. The summed E-state index contributed by atoms with van der Waals surface area (Å²) in [5, 5.41) is 1.01. The molecular formula is C20H15NO2. The van der Waals surface area contributed by atoms with Crippen molar-refractivity contribution >= 4 is 10.9 Å². The number of para-hydroxylation sites is 1. The van der Waals surface area contributed by atoms with Gasteiger partial charge in [-0.1, -0.05) is 48.0 Å². The first-order valence-corrected chi connectivity index (χ1v) is 7.57. The minimum atomic E-state index is -0.407. The molecule has 0 bridgehead atoms. The minimum absolute atomic E-state index is 0.386. The average molecular weight is 301 g/mol. The molecule has 0 radical (unpaired) electrons. The van der Waals surface area contributed by atoms with Crippen LogP contribution in [0.15, 0.2) is 70.4 Å². The molecular weight excluding hydrogens is 286 g/mol. The van der Waals surface area contributed by atoms with E-state index in [1.807, 2.05) is 36.5 Å². The van der Waals surface area contributed by atoms with Gasteiger partial charge in [0, 0.05) is 40.8 Å². The third kappa shape index (κ3) is 2.21. The molecule has 1 aromatic heterocycles. The lowest BCUT2D eigenvalue weighted by atomic mass is 10.0. The predicted molar refractivity (Wildman–Crippen MR) is 92.6 cm³/mol. The number of hydrogen-bond acceptors (Lipinski definition) is 2. The zero-order chi connectivity index (χ0) is 16.0. The second-order valence-electron chi connectivity index (χ2n) is 5.93. The summed E-state index contributed by atoms with van der Waals surface area (Å²) in [6, 6.07) is 17.8. The average Bonchev–Trinajstić information content (AvgIpc) is 2.90. The lowest BCUT2D eigenvalue weighted by molar-refractivity contribution is 0.836. The molecule has 0 spiro atoms. The van der Waals surface area contributed by atoms with Crippen LogP contribution in [0.2, 0.25) is 0 Å². The SMILES string of the molecule is Cc1cccc(Cn2cc(-c3cc(=O)c3=O)c3ccccc32)c1. The molecule has 0 aliphatic heterocycles. The lowest BCUT2D eigenvalue weighted by Gasteiger charge is -2.06. The van der Waals surface area contributed by atoms with Gasteiger partial charge in [-0.25, -0.2) is 0 Å². The van der Waals surface area contributed by atoms with Crippen LogP contribution in [-0.2, 0) is 6.54 Å². The van der Waals surface area contributed by atoms with Crippen LogP contribution >= 0.6 is 0 Å². The molecule has 0 saturated carbocycles. The van der Waals surface area contributed by atoms with Gasteiger partial charge in [0.05, 0.1) is 0 Å². The Morgan fingerprint density at radius 3 is 2.48 bits per heavy atom. The standard InChI is InChI=1S/C20H15NO2/c1-13-5-4-6-14(9-13)11-21-12-17(16-10-19(22)20(16)23)15-7-2-3-8-18(15)21/h2-10,12H,11H2,1H3. The molecule has 112 valence electrons. The van der Waals surface area contributed by atoms with Crippen molar-refractivity contribution in [2.45, 2.75) is 13.5 Å². The van der Waals surface area contributed by atoms with Crippen molar-refractivity contribution in [2.75, 3.05) is 0 Å². The highest BCUT2D eigenvalue weighted by molar-refractivity contribution is 5.96. The predicted octanol–water partition coefficient (Wildman–Crippen LogP) is 3.26. The van der Waals surface area contributed by atoms with Gasteiger partial charge in [0.1, 0.15) is 0 Å². The largest absolute Gasteiger partial charge is 0.342 e. The molecule has 0 amide bonds. The van der Waals surface area contributed by atoms with Gasteiger partial charge in [0.15, 0.2) is 0 Å². The molecule has 3 heteroatoms. The van der Waals surface area contributed by atoms with E-state index >= 15 is 0 Å². The molecule has 1 heterocycles. The fraction of sp³-hybridized carbons (Fsp3) is 0.100. The number of benzene rings is 2. The van der Waals surface area contributed by atoms with Crippen LogP contribution in [0, 0.1) is 6.92 Å². The molecule has 4 rings (SSSR count). The van der Waals surface area contributed by atoms with E-state index in [1.54, 1.807) is 0 Å². The van der Waals surface area contributed by atoms with E-state index in [0.29, 0.717) is 5.56 Å². The maximum atomic E-state index is 11.8. The first-order chi connectivity index (χ1) is 11.1. The van der Waals surface area contributed by atoms with Crippen molar-refractivity contribution in [2.24, 2.45) is 0 Å². The highest BCUT2D eigenvalue weighted by atomic mass is 16.2. The number of fused-ring (bicyclic) bond motifs is 1. The minimum Gasteiger partial charge on any atom is -0.342 e. The fourth-order valence-electron chi connectivity index (χ4n) is 3.12. The first-order valence-electron chi connectivity index (χ1n) is 7.57. The maximum Gasteiger partial charge on any atom is 0.233 e. The Balaban J connectivity index is 1.87. The van der Waals surface area contributed by atoms with E-state index in [0.717, 1.165) is 23.0 Å². The van der Waals surface area contributed by atoms with Gasteiger partial charge in [0.2, 0.25) is 10.9 Å². The van der Waals surface area contributed by atoms with E-state index in [2.05, 4.69) is 29.7 Å². The van der Waals surface area contributed by atoms with E-state index in [9.17, 15) is 9.59 Å². The van der Waals surface area contributed by atoms with Crippen molar-refractivity contribution in [3.05, 3.63) is 92.4 Å². The van der Waals surface area contributed by atoms with Crippen LogP contribution in [0.5, 0.6) is 0 Å². The van der Waals surface area contributed by atoms with E-state index < -0.39 is 5.43 Å². The number of hydrogen-bond donors (Lipinski definition) is 0. The summed E-state index contributed by atoms with van der Waals surface area (Å²) in [6.45, 7) is 2.81. The Morgan fingerprint density at radius 1 is 0.913 bits per heavy atom. The van der Waals surface area contributed by atoms with Crippen LogP contribution in [0.3, 0.4) is 0 Å². The van der Waals surface area contributed by atoms with Gasteiger partial charge in [0.25, 0.3) is 0 Å². The van der Waals surface area contributed by atoms with Crippen molar-refractivity contribution in [3.8, 4) is 11.1 Å². The molecule has 0 N–H and O–H groups in total. The molecule has 4 aromatic rings. The third-order valence-corrected chi connectivity index (χ3v) is 4.26. The Labute approximate surface area is 133 Å². The number of nitrogens with zero attached hydrogens (tertiary/aromatic N) is 1. The Bertz CT molecular complexity index is 1090. The lowest BCUT2D eigenvalue weighted by Crippen LogP contribution is -2.30. The molecule has 23 heavy (non-hydrogen) atoms. The third-order valence-electron chi connectivity index (χ3n) is 4.26. The normalized spacial score (nSPS) is 11.3. The molecule has 0 aliphatic carbocycles. The molecule has 3 aromatic carbocycles. The smallest absolute Gasteiger partial charge is 0.233 e. The Morgan fingerprint density at radius 2 is 1.74 bits per heavy atom. The Kier molecular flexibility index (Phi) is 3.01. The molecule has 0 fully saturated rings. The summed E-state index contributed by atoms with van der Waals surface area (Å²) in [7, 11) is 0. The van der Waals surface area contributed by atoms with Gasteiger partial charge in [-0.2, -0.15) is 0 Å². The van der Waals surface area contributed by atoms with Crippen LogP contribution in [0.1, 0.15) is 11.1 Å². The van der Waals surface area contributed by atoms with Crippen LogP contribution in [0.25, 0.3) is 22.0 Å². The highest BCUT2D eigenvalue weighted by Crippen LogP contribution is 2.29. The summed E-state index contributed by atoms with van der Waals surface area (Å²) >= 11 is 0. The topological polar surface area (TPSA) is 39.1 Å². The van der Waals surface area contributed by atoms with E-state index in [4.69, 9.17) is 0 Å². The summed E-state index contributed by atoms with van der Waals surface area (Å²) < 4.78 is 2.14. The molecule has 0 atom stereocenters. The summed E-state index contributed by atoms with van der Waals surface area (Å²) in [6.07, 6.45) is 1.98. The molecule has 3 nitrogen and oxygen atoms in total. The van der Waals surface area contributed by atoms with Crippen molar-refractivity contribution in [1.82, 2.24) is 4.57 Å². The van der Waals surface area contributed by atoms with Gasteiger partial charge in [-0.05, 0) is 18.6 Å². The van der Waals surface area contributed by atoms with Gasteiger partial charge >= 0.3 is 0 Å². The van der Waals surface area contributed by atoms with Crippen LogP contribution < -0.4 is 10.9 Å². The molecule has 0 saturated heterocycles. The quantitative estimate of drug-likeness (QED) is 0.545. The molecule has 0 unspecified atom stereocenters. The first kappa shape index (κ1) is 13.7. The number of aryl methyl sites for hydroxylation is 1. The summed E-state index contributed by atoms with van der Waals surface area (Å²) in [5.74, 6) is 0. The zero-order valence-corrected chi connectivity index (χ0v) is 12.7. The maximum absolute atomic E-state index is 11.8. The molecule has 0 aliphatic rings. The van der Waals surface area contributed by atoms with Crippen molar-refractivity contribution < 1.29 is 0 Å². The van der Waals surface area contributed by atoms with E-state index in [-0.39, 0.29) is 5.43 Å². The van der Waals surface area contributed by atoms with Crippen molar-refractivity contribution in [3.63, 3.8) is 0 Å². The van der Waals surface area contributed by atoms with Crippen molar-refractivity contribution in [1.29, 1.82) is 0 Å². The van der Waals surface area contributed by atoms with Gasteiger partial charge in [-0.3, -0.25) is 9.59 Å². The zero-order valence-electron chi connectivity index (χ0n) is 12.7.